The molecule has 0 bridgehead atoms. The standard InChI is InChI=1S/C12H20O/c13-11-7-6-10-12(11)8-4-2-1-3-5-9-12/h1-10H2. The van der Waals surface area contributed by atoms with E-state index in [2.05, 4.69) is 0 Å². The molecule has 0 saturated heterocycles. The van der Waals surface area contributed by atoms with Crippen molar-refractivity contribution < 1.29 is 4.79 Å². The molecule has 2 aliphatic rings. The normalized spacial score (nSPS) is 28.8. The predicted octanol–water partition coefficient (Wildman–Crippen LogP) is 3.47. The van der Waals surface area contributed by atoms with Gasteiger partial charge in [0.15, 0.2) is 0 Å². The molecule has 0 N–H and O–H groups in total. The molecule has 0 aliphatic heterocycles. The fraction of sp³-hybridized carbons (Fsp3) is 0.917. The van der Waals surface area contributed by atoms with Crippen molar-refractivity contribution in [1.82, 2.24) is 0 Å². The largest absolute Gasteiger partial charge is 0.299 e. The lowest BCUT2D eigenvalue weighted by molar-refractivity contribution is -0.126. The highest BCUT2D eigenvalue weighted by molar-refractivity contribution is 5.86. The highest BCUT2D eigenvalue weighted by atomic mass is 16.1. The topological polar surface area (TPSA) is 17.1 Å². The Hall–Kier alpha value is -0.330. The lowest BCUT2D eigenvalue weighted by atomic mass is 9.74. The molecule has 0 aromatic heterocycles. The molecule has 0 aromatic rings. The van der Waals surface area contributed by atoms with Gasteiger partial charge in [-0.05, 0) is 25.7 Å². The Balaban J connectivity index is 2.04. The Morgan fingerprint density at radius 1 is 0.769 bits per heavy atom. The van der Waals surface area contributed by atoms with E-state index in [1.165, 1.54) is 57.8 Å². The zero-order valence-electron chi connectivity index (χ0n) is 8.48. The Bertz CT molecular complexity index is 187. The van der Waals surface area contributed by atoms with Crippen molar-refractivity contribution in [2.45, 2.75) is 64.2 Å². The number of ketones is 1. The van der Waals surface area contributed by atoms with E-state index < -0.39 is 0 Å². The monoisotopic (exact) mass is 180 g/mol. The maximum absolute atomic E-state index is 11.8. The van der Waals surface area contributed by atoms with Crippen LogP contribution in [0.1, 0.15) is 64.2 Å². The van der Waals surface area contributed by atoms with Crippen molar-refractivity contribution in [1.29, 1.82) is 0 Å². The van der Waals surface area contributed by atoms with Crippen LogP contribution in [-0.4, -0.2) is 5.78 Å². The molecule has 74 valence electrons. The molecule has 1 heteroatoms. The number of Topliss-reactive ketones (excluding diaryl/α,β-unsaturated/α-hetero) is 1. The van der Waals surface area contributed by atoms with Crippen LogP contribution in [-0.2, 0) is 4.79 Å². The average Bonchev–Trinajstić information content (AvgIpc) is 2.42. The summed E-state index contributed by atoms with van der Waals surface area (Å²) in [7, 11) is 0. The zero-order valence-corrected chi connectivity index (χ0v) is 8.48. The summed E-state index contributed by atoms with van der Waals surface area (Å²) >= 11 is 0. The summed E-state index contributed by atoms with van der Waals surface area (Å²) in [6.07, 6.45) is 12.3. The summed E-state index contributed by atoms with van der Waals surface area (Å²) in [4.78, 5) is 11.8. The lowest BCUT2D eigenvalue weighted by Gasteiger charge is -2.29. The number of rotatable bonds is 0. The molecule has 2 fully saturated rings. The number of carbonyl (C=O) groups is 1. The first-order valence-corrected chi connectivity index (χ1v) is 5.87. The summed E-state index contributed by atoms with van der Waals surface area (Å²) < 4.78 is 0. The summed E-state index contributed by atoms with van der Waals surface area (Å²) in [6, 6.07) is 0. The van der Waals surface area contributed by atoms with E-state index >= 15 is 0 Å². The minimum Gasteiger partial charge on any atom is -0.299 e. The van der Waals surface area contributed by atoms with Gasteiger partial charge < -0.3 is 0 Å². The van der Waals surface area contributed by atoms with Gasteiger partial charge in [0.05, 0.1) is 0 Å². The number of hydrogen-bond donors (Lipinski definition) is 0. The smallest absolute Gasteiger partial charge is 0.139 e. The first-order chi connectivity index (χ1) is 6.33. The molecule has 13 heavy (non-hydrogen) atoms. The van der Waals surface area contributed by atoms with Gasteiger partial charge >= 0.3 is 0 Å². The Labute approximate surface area is 80.9 Å². The first kappa shape index (κ1) is 9.23. The van der Waals surface area contributed by atoms with Gasteiger partial charge in [-0.1, -0.05) is 32.1 Å². The van der Waals surface area contributed by atoms with Gasteiger partial charge in [0.2, 0.25) is 0 Å². The Morgan fingerprint density at radius 3 is 1.85 bits per heavy atom. The van der Waals surface area contributed by atoms with Crippen LogP contribution in [0.4, 0.5) is 0 Å². The van der Waals surface area contributed by atoms with Crippen molar-refractivity contribution in [3.63, 3.8) is 0 Å². The van der Waals surface area contributed by atoms with E-state index in [4.69, 9.17) is 0 Å². The molecule has 2 saturated carbocycles. The summed E-state index contributed by atoms with van der Waals surface area (Å²) in [6.45, 7) is 0. The second-order valence-electron chi connectivity index (χ2n) is 4.82. The van der Waals surface area contributed by atoms with Gasteiger partial charge in [-0.15, -0.1) is 0 Å². The van der Waals surface area contributed by atoms with E-state index in [-0.39, 0.29) is 5.41 Å². The molecule has 0 radical (unpaired) electrons. The molecular formula is C12H20O. The highest BCUT2D eigenvalue weighted by Crippen LogP contribution is 2.44. The van der Waals surface area contributed by atoms with Crippen LogP contribution < -0.4 is 0 Å². The van der Waals surface area contributed by atoms with E-state index in [1.54, 1.807) is 0 Å². The quantitative estimate of drug-likeness (QED) is 0.558. The molecule has 1 nitrogen and oxygen atoms in total. The van der Waals surface area contributed by atoms with Crippen LogP contribution in [0.25, 0.3) is 0 Å². The van der Waals surface area contributed by atoms with Crippen molar-refractivity contribution >= 4 is 5.78 Å². The van der Waals surface area contributed by atoms with Gasteiger partial charge in [0.25, 0.3) is 0 Å². The summed E-state index contributed by atoms with van der Waals surface area (Å²) in [5.74, 6) is 0.592. The molecule has 0 atom stereocenters. The van der Waals surface area contributed by atoms with Crippen LogP contribution in [0, 0.1) is 5.41 Å². The van der Waals surface area contributed by atoms with Crippen molar-refractivity contribution in [2.24, 2.45) is 5.41 Å². The van der Waals surface area contributed by atoms with Crippen molar-refractivity contribution in [3.8, 4) is 0 Å². The minimum atomic E-state index is 0.167. The molecule has 2 rings (SSSR count). The third-order valence-corrected chi connectivity index (χ3v) is 3.96. The van der Waals surface area contributed by atoms with Crippen LogP contribution in [0.15, 0.2) is 0 Å². The third kappa shape index (κ3) is 1.79. The van der Waals surface area contributed by atoms with Crippen LogP contribution in [0.3, 0.4) is 0 Å². The minimum absolute atomic E-state index is 0.167. The zero-order chi connectivity index (χ0) is 9.15. The van der Waals surface area contributed by atoms with E-state index in [9.17, 15) is 4.79 Å². The van der Waals surface area contributed by atoms with Crippen LogP contribution >= 0.6 is 0 Å². The van der Waals surface area contributed by atoms with E-state index in [0.717, 1.165) is 6.42 Å². The van der Waals surface area contributed by atoms with Gasteiger partial charge in [-0.25, -0.2) is 0 Å². The average molecular weight is 180 g/mol. The van der Waals surface area contributed by atoms with E-state index in [1.807, 2.05) is 0 Å². The van der Waals surface area contributed by atoms with Gasteiger partial charge in [0, 0.05) is 11.8 Å². The maximum Gasteiger partial charge on any atom is 0.139 e. The van der Waals surface area contributed by atoms with E-state index in [0.29, 0.717) is 5.78 Å². The second kappa shape index (κ2) is 3.81. The third-order valence-electron chi connectivity index (χ3n) is 3.96. The summed E-state index contributed by atoms with van der Waals surface area (Å²) in [5.41, 5.74) is 0.167. The lowest BCUT2D eigenvalue weighted by Crippen LogP contribution is -2.26. The second-order valence-corrected chi connectivity index (χ2v) is 4.82. The highest BCUT2D eigenvalue weighted by Gasteiger charge is 2.40. The molecule has 2 aliphatic carbocycles. The predicted molar refractivity (Wildman–Crippen MR) is 53.6 cm³/mol. The molecule has 0 unspecified atom stereocenters. The SMILES string of the molecule is O=C1CCCC12CCCCCCC2. The molecule has 1 spiro atoms. The molecule has 0 heterocycles. The maximum atomic E-state index is 11.8. The van der Waals surface area contributed by atoms with Crippen LogP contribution in [0.2, 0.25) is 0 Å². The molecule has 0 aromatic carbocycles. The summed E-state index contributed by atoms with van der Waals surface area (Å²) in [5, 5.41) is 0. The number of carbonyl (C=O) groups excluding carboxylic acids is 1. The van der Waals surface area contributed by atoms with Crippen molar-refractivity contribution in [2.75, 3.05) is 0 Å². The van der Waals surface area contributed by atoms with Crippen LogP contribution in [0.5, 0.6) is 0 Å². The van der Waals surface area contributed by atoms with Crippen molar-refractivity contribution in [3.05, 3.63) is 0 Å². The fourth-order valence-corrected chi connectivity index (χ4v) is 3.10. The van der Waals surface area contributed by atoms with Gasteiger partial charge in [-0.3, -0.25) is 4.79 Å². The number of hydrogen-bond acceptors (Lipinski definition) is 1. The molecule has 0 amide bonds. The first-order valence-electron chi connectivity index (χ1n) is 5.87. The fourth-order valence-electron chi connectivity index (χ4n) is 3.10. The Kier molecular flexibility index (Phi) is 2.71. The molecular weight excluding hydrogens is 160 g/mol. The van der Waals surface area contributed by atoms with Gasteiger partial charge in [0.1, 0.15) is 5.78 Å². The van der Waals surface area contributed by atoms with Gasteiger partial charge in [-0.2, -0.15) is 0 Å². The Morgan fingerprint density at radius 2 is 1.31 bits per heavy atom.